The molecule has 14 heavy (non-hydrogen) atoms. The van der Waals surface area contributed by atoms with Crippen molar-refractivity contribution in [1.29, 1.82) is 0 Å². The molecule has 1 aromatic heterocycles. The Morgan fingerprint density at radius 3 is 2.71 bits per heavy atom. The number of nitrogens with zero attached hydrogens (tertiary/aromatic N) is 1. The maximum absolute atomic E-state index is 5.78. The summed E-state index contributed by atoms with van der Waals surface area (Å²) < 4.78 is 0. The van der Waals surface area contributed by atoms with Gasteiger partial charge in [-0.1, -0.05) is 20.3 Å². The Morgan fingerprint density at radius 2 is 2.21 bits per heavy atom. The monoisotopic (exact) mass is 210 g/mol. The molecule has 0 aliphatic heterocycles. The maximum Gasteiger partial charge on any atom is 0.180 e. The van der Waals surface area contributed by atoms with Crippen LogP contribution in [0.3, 0.4) is 0 Å². The van der Waals surface area contributed by atoms with Gasteiger partial charge in [-0.05, 0) is 25.2 Å². The molecule has 0 aromatic carbocycles. The van der Waals surface area contributed by atoms with E-state index in [0.29, 0.717) is 5.92 Å². The van der Waals surface area contributed by atoms with Crippen LogP contribution in [0.1, 0.15) is 49.6 Å². The van der Waals surface area contributed by atoms with Crippen molar-refractivity contribution in [2.75, 3.05) is 5.73 Å². The van der Waals surface area contributed by atoms with Gasteiger partial charge in [0.05, 0.1) is 5.69 Å². The van der Waals surface area contributed by atoms with E-state index in [4.69, 9.17) is 5.73 Å². The molecule has 1 aromatic rings. The number of hydrogen-bond acceptors (Lipinski definition) is 3. The van der Waals surface area contributed by atoms with Gasteiger partial charge in [0, 0.05) is 10.8 Å². The number of aromatic nitrogens is 1. The Kier molecular flexibility index (Phi) is 2.77. The van der Waals surface area contributed by atoms with Crippen LogP contribution in [0.2, 0.25) is 0 Å². The van der Waals surface area contributed by atoms with Crippen LogP contribution in [0, 0.1) is 5.92 Å². The fourth-order valence-corrected chi connectivity index (χ4v) is 3.03. The fourth-order valence-electron chi connectivity index (χ4n) is 1.90. The first-order valence-electron chi connectivity index (χ1n) is 5.42. The zero-order valence-electron chi connectivity index (χ0n) is 8.92. The average Bonchev–Trinajstić information content (AvgIpc) is 2.26. The van der Waals surface area contributed by atoms with Crippen LogP contribution < -0.4 is 5.73 Å². The highest BCUT2D eigenvalue weighted by Gasteiger charge is 2.25. The van der Waals surface area contributed by atoms with E-state index >= 15 is 0 Å². The lowest BCUT2D eigenvalue weighted by Crippen LogP contribution is -2.11. The minimum absolute atomic E-state index is 0.702. The second kappa shape index (κ2) is 3.89. The Bertz CT molecular complexity index is 313. The summed E-state index contributed by atoms with van der Waals surface area (Å²) in [5.41, 5.74) is 7.09. The molecule has 1 saturated carbocycles. The van der Waals surface area contributed by atoms with Crippen molar-refractivity contribution in [3.05, 3.63) is 10.6 Å². The van der Waals surface area contributed by atoms with Crippen molar-refractivity contribution in [2.24, 2.45) is 5.92 Å². The minimum atomic E-state index is 0.702. The summed E-state index contributed by atoms with van der Waals surface area (Å²) in [6.45, 7) is 4.50. The molecule has 0 bridgehead atoms. The summed E-state index contributed by atoms with van der Waals surface area (Å²) in [5.74, 6) is 1.42. The zero-order valence-corrected chi connectivity index (χ0v) is 9.73. The van der Waals surface area contributed by atoms with Gasteiger partial charge < -0.3 is 5.73 Å². The Balaban J connectivity index is 2.19. The molecule has 0 atom stereocenters. The van der Waals surface area contributed by atoms with Gasteiger partial charge in [0.15, 0.2) is 5.13 Å². The lowest BCUT2D eigenvalue weighted by atomic mass is 9.82. The standard InChI is InChI=1S/C11H18N2S/c1-7(2)6-9-10(8-4-3-5-8)13-11(12)14-9/h7-8H,3-6H2,1-2H3,(H2,12,13). The molecule has 0 saturated heterocycles. The van der Waals surface area contributed by atoms with Gasteiger partial charge in [-0.15, -0.1) is 11.3 Å². The highest BCUT2D eigenvalue weighted by Crippen LogP contribution is 2.40. The predicted octanol–water partition coefficient (Wildman–Crippen LogP) is 3.19. The van der Waals surface area contributed by atoms with E-state index in [1.807, 2.05) is 0 Å². The molecule has 0 amide bonds. The molecule has 0 radical (unpaired) electrons. The topological polar surface area (TPSA) is 38.9 Å². The van der Waals surface area contributed by atoms with E-state index in [9.17, 15) is 0 Å². The molecule has 2 rings (SSSR count). The molecule has 1 aliphatic rings. The van der Waals surface area contributed by atoms with Crippen LogP contribution >= 0.6 is 11.3 Å². The quantitative estimate of drug-likeness (QED) is 0.832. The van der Waals surface area contributed by atoms with Crippen molar-refractivity contribution in [2.45, 2.75) is 45.4 Å². The summed E-state index contributed by atoms with van der Waals surface area (Å²) in [7, 11) is 0. The fraction of sp³-hybridized carbons (Fsp3) is 0.727. The largest absolute Gasteiger partial charge is 0.375 e. The van der Waals surface area contributed by atoms with Crippen LogP contribution in [0.5, 0.6) is 0 Å². The van der Waals surface area contributed by atoms with Gasteiger partial charge in [-0.2, -0.15) is 0 Å². The molecule has 0 spiro atoms. The summed E-state index contributed by atoms with van der Waals surface area (Å²) >= 11 is 1.69. The van der Waals surface area contributed by atoms with Gasteiger partial charge in [0.25, 0.3) is 0 Å². The third-order valence-corrected chi connectivity index (χ3v) is 3.75. The summed E-state index contributed by atoms with van der Waals surface area (Å²) in [6.07, 6.45) is 5.13. The number of thiazole rings is 1. The van der Waals surface area contributed by atoms with Crippen LogP contribution in [-0.2, 0) is 6.42 Å². The molecule has 0 unspecified atom stereocenters. The first kappa shape index (κ1) is 9.97. The number of nitrogen functional groups attached to an aromatic ring is 1. The van der Waals surface area contributed by atoms with Crippen LogP contribution in [-0.4, -0.2) is 4.98 Å². The molecule has 2 nitrogen and oxygen atoms in total. The highest BCUT2D eigenvalue weighted by atomic mass is 32.1. The Morgan fingerprint density at radius 1 is 1.50 bits per heavy atom. The number of anilines is 1. The van der Waals surface area contributed by atoms with Crippen molar-refractivity contribution in [3.63, 3.8) is 0 Å². The first-order chi connectivity index (χ1) is 6.66. The van der Waals surface area contributed by atoms with E-state index in [-0.39, 0.29) is 0 Å². The van der Waals surface area contributed by atoms with Gasteiger partial charge in [0.1, 0.15) is 0 Å². The maximum atomic E-state index is 5.78. The minimum Gasteiger partial charge on any atom is -0.375 e. The molecule has 2 N–H and O–H groups in total. The summed E-state index contributed by atoms with van der Waals surface area (Å²) in [6, 6.07) is 0. The summed E-state index contributed by atoms with van der Waals surface area (Å²) in [4.78, 5) is 5.91. The molecule has 78 valence electrons. The zero-order chi connectivity index (χ0) is 10.1. The van der Waals surface area contributed by atoms with Crippen molar-refractivity contribution < 1.29 is 0 Å². The predicted molar refractivity (Wildman–Crippen MR) is 61.7 cm³/mol. The highest BCUT2D eigenvalue weighted by molar-refractivity contribution is 7.15. The molecule has 1 aliphatic carbocycles. The van der Waals surface area contributed by atoms with Crippen molar-refractivity contribution in [1.82, 2.24) is 4.98 Å². The second-order valence-electron chi connectivity index (χ2n) is 4.59. The van der Waals surface area contributed by atoms with Crippen LogP contribution in [0.15, 0.2) is 0 Å². The second-order valence-corrected chi connectivity index (χ2v) is 5.70. The number of hydrogen-bond donors (Lipinski definition) is 1. The molecule has 1 heterocycles. The lowest BCUT2D eigenvalue weighted by Gasteiger charge is -2.24. The molecule has 3 heteroatoms. The smallest absolute Gasteiger partial charge is 0.180 e. The summed E-state index contributed by atoms with van der Waals surface area (Å²) in [5, 5.41) is 0.752. The Hall–Kier alpha value is -0.570. The SMILES string of the molecule is CC(C)Cc1sc(N)nc1C1CCC1. The molecular weight excluding hydrogens is 192 g/mol. The van der Waals surface area contributed by atoms with E-state index in [1.165, 1.54) is 29.8 Å². The van der Waals surface area contributed by atoms with Gasteiger partial charge in [-0.25, -0.2) is 4.98 Å². The molecular formula is C11H18N2S. The normalized spacial score (nSPS) is 17.4. The van der Waals surface area contributed by atoms with E-state index in [2.05, 4.69) is 18.8 Å². The van der Waals surface area contributed by atoms with Crippen LogP contribution in [0.25, 0.3) is 0 Å². The lowest BCUT2D eigenvalue weighted by molar-refractivity contribution is 0.409. The van der Waals surface area contributed by atoms with E-state index < -0.39 is 0 Å². The van der Waals surface area contributed by atoms with Gasteiger partial charge in [-0.3, -0.25) is 0 Å². The van der Waals surface area contributed by atoms with E-state index in [0.717, 1.165) is 17.5 Å². The third-order valence-electron chi connectivity index (χ3n) is 2.83. The van der Waals surface area contributed by atoms with Gasteiger partial charge in [0.2, 0.25) is 0 Å². The number of nitrogens with two attached hydrogens (primary N) is 1. The first-order valence-corrected chi connectivity index (χ1v) is 6.23. The van der Waals surface area contributed by atoms with Crippen LogP contribution in [0.4, 0.5) is 5.13 Å². The molecule has 1 fully saturated rings. The van der Waals surface area contributed by atoms with E-state index in [1.54, 1.807) is 11.3 Å². The van der Waals surface area contributed by atoms with Crippen molar-refractivity contribution >= 4 is 16.5 Å². The van der Waals surface area contributed by atoms with Crippen molar-refractivity contribution in [3.8, 4) is 0 Å². The van der Waals surface area contributed by atoms with Gasteiger partial charge >= 0.3 is 0 Å². The Labute approximate surface area is 89.5 Å². The number of rotatable bonds is 3. The average molecular weight is 210 g/mol. The third kappa shape index (κ3) is 1.92.